The van der Waals surface area contributed by atoms with E-state index in [0.29, 0.717) is 36.4 Å². The number of unbranched alkanes of at least 4 members (excludes halogenated alkanes) is 1. The van der Waals surface area contributed by atoms with Gasteiger partial charge in [-0.05, 0) is 27.2 Å². The summed E-state index contributed by atoms with van der Waals surface area (Å²) in [4.78, 5) is 37.1. The van der Waals surface area contributed by atoms with E-state index in [4.69, 9.17) is 11.6 Å². The first-order chi connectivity index (χ1) is 13.3. The van der Waals surface area contributed by atoms with E-state index in [1.807, 2.05) is 18.7 Å². The molecule has 2 rings (SSSR count). The maximum absolute atomic E-state index is 12.4. The molecule has 1 fully saturated rings. The van der Waals surface area contributed by atoms with Crippen LogP contribution in [0.2, 0.25) is 5.15 Å². The molecule has 0 spiro atoms. The topological polar surface area (TPSA) is 78.4 Å². The molecule has 0 bridgehead atoms. The fourth-order valence-electron chi connectivity index (χ4n) is 3.11. The third-order valence-electron chi connectivity index (χ3n) is 4.46. The minimum Gasteiger partial charge on any atom is -0.353 e. The molecule has 1 saturated heterocycles. The second-order valence-corrected chi connectivity index (χ2v) is 8.66. The molecule has 1 atom stereocenters. The average Bonchev–Trinajstić information content (AvgIpc) is 2.63. The maximum Gasteiger partial charge on any atom is 0.230 e. The van der Waals surface area contributed by atoms with Gasteiger partial charge < -0.3 is 15.1 Å². The van der Waals surface area contributed by atoms with Gasteiger partial charge in [-0.25, -0.2) is 9.97 Å². The molecule has 1 N–H and O–H groups in total. The smallest absolute Gasteiger partial charge is 0.230 e. The van der Waals surface area contributed by atoms with E-state index in [0.717, 1.165) is 18.7 Å². The second kappa shape index (κ2) is 10.9. The van der Waals surface area contributed by atoms with Gasteiger partial charge in [0.05, 0.1) is 5.75 Å². The van der Waals surface area contributed by atoms with Crippen LogP contribution in [-0.2, 0) is 9.59 Å². The van der Waals surface area contributed by atoms with E-state index in [1.165, 1.54) is 11.8 Å². The maximum atomic E-state index is 12.4. The zero-order valence-corrected chi connectivity index (χ0v) is 18.6. The molecule has 1 unspecified atom stereocenters. The van der Waals surface area contributed by atoms with Crippen LogP contribution in [0.5, 0.6) is 0 Å². The molecule has 2 heterocycles. The van der Waals surface area contributed by atoms with Gasteiger partial charge in [0.25, 0.3) is 0 Å². The summed E-state index contributed by atoms with van der Waals surface area (Å²) in [5.74, 6) is 1.15. The normalized spacial score (nSPS) is 17.1. The molecular weight excluding hydrogens is 398 g/mol. The Morgan fingerprint density at radius 3 is 2.75 bits per heavy atom. The van der Waals surface area contributed by atoms with Crippen LogP contribution in [0.4, 0.5) is 5.82 Å². The molecule has 0 radical (unpaired) electrons. The molecule has 1 aliphatic rings. The van der Waals surface area contributed by atoms with Crippen LogP contribution in [0, 0.1) is 0 Å². The predicted octanol–water partition coefficient (Wildman–Crippen LogP) is 2.97. The summed E-state index contributed by atoms with van der Waals surface area (Å²) in [5.41, 5.74) is 0. The minimum absolute atomic E-state index is 0.0575. The van der Waals surface area contributed by atoms with Gasteiger partial charge in [0.15, 0.2) is 5.16 Å². The number of halogens is 1. The number of thioether (sulfide) groups is 1. The van der Waals surface area contributed by atoms with Gasteiger partial charge in [-0.15, -0.1) is 0 Å². The highest BCUT2D eigenvalue weighted by atomic mass is 35.5. The highest BCUT2D eigenvalue weighted by Gasteiger charge is 2.28. The Morgan fingerprint density at radius 1 is 1.36 bits per heavy atom. The van der Waals surface area contributed by atoms with E-state index in [2.05, 4.69) is 34.0 Å². The Kier molecular flexibility index (Phi) is 8.82. The first-order valence-electron chi connectivity index (χ1n) is 9.81. The monoisotopic (exact) mass is 427 g/mol. The largest absolute Gasteiger partial charge is 0.353 e. The number of hydrogen-bond donors (Lipinski definition) is 1. The standard InChI is InChI=1S/C19H30ClN5O2S/c1-5-6-7-18(27)25-9-8-24(11-14(25)4)16-10-15(20)22-19(23-16)28-12-17(26)21-13(2)3/h10,13-14H,5-9,11-12H2,1-4H3,(H,21,26). The highest BCUT2D eigenvalue weighted by Crippen LogP contribution is 2.24. The number of anilines is 1. The van der Waals surface area contributed by atoms with Gasteiger partial charge in [-0.3, -0.25) is 9.59 Å². The Morgan fingerprint density at radius 2 is 2.11 bits per heavy atom. The van der Waals surface area contributed by atoms with Crippen molar-refractivity contribution in [1.29, 1.82) is 0 Å². The van der Waals surface area contributed by atoms with Crippen molar-refractivity contribution >= 4 is 41.0 Å². The third kappa shape index (κ3) is 6.81. The third-order valence-corrected chi connectivity index (χ3v) is 5.50. The Hall–Kier alpha value is -1.54. The predicted molar refractivity (Wildman–Crippen MR) is 114 cm³/mol. The number of nitrogens with zero attached hydrogens (tertiary/aromatic N) is 4. The Balaban J connectivity index is 1.99. The summed E-state index contributed by atoms with van der Waals surface area (Å²) in [5, 5.41) is 3.68. The summed E-state index contributed by atoms with van der Waals surface area (Å²) >= 11 is 7.45. The lowest BCUT2D eigenvalue weighted by molar-refractivity contribution is -0.133. The molecule has 1 aliphatic heterocycles. The zero-order chi connectivity index (χ0) is 20.7. The van der Waals surface area contributed by atoms with Crippen LogP contribution < -0.4 is 10.2 Å². The van der Waals surface area contributed by atoms with E-state index < -0.39 is 0 Å². The van der Waals surface area contributed by atoms with Gasteiger partial charge in [0.1, 0.15) is 11.0 Å². The highest BCUT2D eigenvalue weighted by molar-refractivity contribution is 7.99. The summed E-state index contributed by atoms with van der Waals surface area (Å²) in [6.45, 7) is 10.1. The molecule has 0 aromatic carbocycles. The van der Waals surface area contributed by atoms with Crippen molar-refractivity contribution in [3.8, 4) is 0 Å². The van der Waals surface area contributed by atoms with Crippen LogP contribution >= 0.6 is 23.4 Å². The summed E-state index contributed by atoms with van der Waals surface area (Å²) in [6.07, 6.45) is 2.56. The first kappa shape index (κ1) is 22.7. The van der Waals surface area contributed by atoms with Crippen molar-refractivity contribution in [2.75, 3.05) is 30.3 Å². The molecule has 1 aromatic rings. The molecule has 0 saturated carbocycles. The number of aromatic nitrogens is 2. The second-order valence-electron chi connectivity index (χ2n) is 7.33. The van der Waals surface area contributed by atoms with Crippen molar-refractivity contribution in [3.63, 3.8) is 0 Å². The van der Waals surface area contributed by atoms with E-state index in [1.54, 1.807) is 6.07 Å². The van der Waals surface area contributed by atoms with Crippen LogP contribution in [0.25, 0.3) is 0 Å². The fourth-order valence-corrected chi connectivity index (χ4v) is 4.01. The number of rotatable bonds is 8. The van der Waals surface area contributed by atoms with Crippen molar-refractivity contribution in [2.24, 2.45) is 0 Å². The number of hydrogen-bond acceptors (Lipinski definition) is 6. The molecule has 28 heavy (non-hydrogen) atoms. The number of piperazine rings is 1. The molecule has 0 aliphatic carbocycles. The van der Waals surface area contributed by atoms with Crippen LogP contribution in [-0.4, -0.2) is 64.2 Å². The molecule has 2 amide bonds. The SMILES string of the molecule is CCCCC(=O)N1CCN(c2cc(Cl)nc(SCC(=O)NC(C)C)n2)CC1C. The van der Waals surface area contributed by atoms with Crippen molar-refractivity contribution in [2.45, 2.75) is 64.2 Å². The molecule has 7 nitrogen and oxygen atoms in total. The van der Waals surface area contributed by atoms with Crippen LogP contribution in [0.15, 0.2) is 11.2 Å². The van der Waals surface area contributed by atoms with E-state index in [-0.39, 0.29) is 29.7 Å². The number of carbonyl (C=O) groups is 2. The number of amides is 2. The summed E-state index contributed by atoms with van der Waals surface area (Å²) < 4.78 is 0. The number of nitrogens with one attached hydrogen (secondary N) is 1. The lowest BCUT2D eigenvalue weighted by Gasteiger charge is -2.40. The Bertz CT molecular complexity index is 688. The quantitative estimate of drug-likeness (QED) is 0.390. The lowest BCUT2D eigenvalue weighted by Crippen LogP contribution is -2.54. The van der Waals surface area contributed by atoms with Crippen LogP contribution in [0.1, 0.15) is 47.0 Å². The van der Waals surface area contributed by atoms with Gasteiger partial charge in [0.2, 0.25) is 11.8 Å². The summed E-state index contributed by atoms with van der Waals surface area (Å²) in [7, 11) is 0. The van der Waals surface area contributed by atoms with E-state index in [9.17, 15) is 9.59 Å². The van der Waals surface area contributed by atoms with Crippen molar-refractivity contribution < 1.29 is 9.59 Å². The van der Waals surface area contributed by atoms with Gasteiger partial charge in [-0.1, -0.05) is 36.7 Å². The van der Waals surface area contributed by atoms with Gasteiger partial charge >= 0.3 is 0 Å². The summed E-state index contributed by atoms with van der Waals surface area (Å²) in [6, 6.07) is 1.95. The lowest BCUT2D eigenvalue weighted by atomic mass is 10.1. The molecule has 156 valence electrons. The molecule has 1 aromatic heterocycles. The van der Waals surface area contributed by atoms with Gasteiger partial charge in [0, 0.05) is 44.2 Å². The molecule has 9 heteroatoms. The van der Waals surface area contributed by atoms with Crippen molar-refractivity contribution in [1.82, 2.24) is 20.2 Å². The average molecular weight is 428 g/mol. The van der Waals surface area contributed by atoms with E-state index >= 15 is 0 Å². The zero-order valence-electron chi connectivity index (χ0n) is 17.1. The molecular formula is C19H30ClN5O2S. The Labute approximate surface area is 176 Å². The first-order valence-corrected chi connectivity index (χ1v) is 11.2. The van der Waals surface area contributed by atoms with Crippen molar-refractivity contribution in [3.05, 3.63) is 11.2 Å². The fraction of sp³-hybridized carbons (Fsp3) is 0.684. The van der Waals surface area contributed by atoms with Crippen LogP contribution in [0.3, 0.4) is 0 Å². The minimum atomic E-state index is -0.0575. The number of carbonyl (C=O) groups excluding carboxylic acids is 2. The van der Waals surface area contributed by atoms with Gasteiger partial charge in [-0.2, -0.15) is 0 Å².